The molecule has 5 nitrogen and oxygen atoms in total. The summed E-state index contributed by atoms with van der Waals surface area (Å²) in [7, 11) is 0. The van der Waals surface area contributed by atoms with Crippen molar-refractivity contribution < 1.29 is 0 Å². The number of benzene rings is 8. The van der Waals surface area contributed by atoms with Crippen LogP contribution < -0.4 is 0 Å². The molecule has 0 unspecified atom stereocenters. The molecule has 67 heavy (non-hydrogen) atoms. The normalized spacial score (nSPS) is 11.4. The first-order valence-corrected chi connectivity index (χ1v) is 22.4. The molecule has 0 aliphatic rings. The SMILES string of the molecule is C=C/C(=C\C=C/C)c1nc(-c2cccc(-c3cccc(-c4cc(-c5cccc(-c6ccccc6)c5)nc(-c5ccccc5)n4)c3)c2)nc(-c2cc(-c3ccccc3)cc(-c3ccccc3)c2)n1. The second-order valence-corrected chi connectivity index (χ2v) is 16.1. The van der Waals surface area contributed by atoms with E-state index < -0.39 is 0 Å². The van der Waals surface area contributed by atoms with Gasteiger partial charge in [0.05, 0.1) is 11.4 Å². The van der Waals surface area contributed by atoms with Crippen LogP contribution in [0.1, 0.15) is 12.7 Å². The van der Waals surface area contributed by atoms with E-state index in [1.54, 1.807) is 6.08 Å². The van der Waals surface area contributed by atoms with Gasteiger partial charge in [-0.05, 0) is 93.9 Å². The molecule has 10 rings (SSSR count). The average molecular weight is 860 g/mol. The molecule has 2 heterocycles. The lowest BCUT2D eigenvalue weighted by Gasteiger charge is -2.13. The third-order valence-electron chi connectivity index (χ3n) is 11.6. The van der Waals surface area contributed by atoms with Crippen molar-refractivity contribution in [2.24, 2.45) is 0 Å². The van der Waals surface area contributed by atoms with Crippen LogP contribution in [0.2, 0.25) is 0 Å². The maximum Gasteiger partial charge on any atom is 0.164 e. The first-order valence-electron chi connectivity index (χ1n) is 22.4. The standard InChI is InChI=1S/C62H45N5/c1-3-5-21-43(4-2)59-65-61(67-62(66-59)56-40-54(45-24-12-7-13-25-45)39-55(41-56)46-26-14-8-15-27-46)53-35-20-32-50(38-53)49-31-19-34-52(37-49)58-42-57(63-60(64-58)47-28-16-9-17-29-47)51-33-18-30-48(36-51)44-22-10-6-11-23-44/h3-42H,2H2,1H3/b5-3-,43-21+. The van der Waals surface area contributed by atoms with E-state index in [1.165, 1.54) is 0 Å². The van der Waals surface area contributed by atoms with E-state index in [0.717, 1.165) is 89.3 Å². The second kappa shape index (κ2) is 19.4. The first-order chi connectivity index (χ1) is 33.1. The van der Waals surface area contributed by atoms with Crippen LogP contribution >= 0.6 is 0 Å². The summed E-state index contributed by atoms with van der Waals surface area (Å²) in [6.45, 7) is 6.12. The zero-order chi connectivity index (χ0) is 45.4. The molecule has 0 aliphatic carbocycles. The molecule has 318 valence electrons. The smallest absolute Gasteiger partial charge is 0.164 e. The van der Waals surface area contributed by atoms with Crippen molar-refractivity contribution in [3.63, 3.8) is 0 Å². The monoisotopic (exact) mass is 859 g/mol. The van der Waals surface area contributed by atoms with Crippen molar-refractivity contribution in [2.75, 3.05) is 0 Å². The Morgan fingerprint density at radius 2 is 0.687 bits per heavy atom. The van der Waals surface area contributed by atoms with Gasteiger partial charge in [0.1, 0.15) is 0 Å². The van der Waals surface area contributed by atoms with Crippen molar-refractivity contribution in [3.8, 4) is 101 Å². The molecule has 0 spiro atoms. The fraction of sp³-hybridized carbons (Fsp3) is 0.0161. The minimum atomic E-state index is 0.537. The van der Waals surface area contributed by atoms with Crippen molar-refractivity contribution in [3.05, 3.63) is 255 Å². The summed E-state index contributed by atoms with van der Waals surface area (Å²) < 4.78 is 0. The molecule has 0 N–H and O–H groups in total. The molecule has 8 aromatic carbocycles. The van der Waals surface area contributed by atoms with Crippen LogP contribution in [0.5, 0.6) is 0 Å². The van der Waals surface area contributed by atoms with E-state index in [1.807, 2.05) is 61.5 Å². The predicted octanol–water partition coefficient (Wildman–Crippen LogP) is 15.8. The van der Waals surface area contributed by atoms with Crippen molar-refractivity contribution >= 4 is 5.57 Å². The van der Waals surface area contributed by atoms with Gasteiger partial charge in [-0.25, -0.2) is 24.9 Å². The summed E-state index contributed by atoms with van der Waals surface area (Å²) in [6.07, 6.45) is 7.73. The number of allylic oxidation sites excluding steroid dienone is 5. The maximum absolute atomic E-state index is 5.22. The van der Waals surface area contributed by atoms with Crippen LogP contribution in [0.4, 0.5) is 0 Å². The Balaban J connectivity index is 1.07. The molecule has 2 aromatic heterocycles. The highest BCUT2D eigenvalue weighted by Crippen LogP contribution is 2.36. The topological polar surface area (TPSA) is 64.5 Å². The highest BCUT2D eigenvalue weighted by atomic mass is 15.0. The summed E-state index contributed by atoms with van der Waals surface area (Å²) in [4.78, 5) is 25.7. The Morgan fingerprint density at radius 3 is 1.18 bits per heavy atom. The highest BCUT2D eigenvalue weighted by molar-refractivity contribution is 5.83. The van der Waals surface area contributed by atoms with E-state index in [2.05, 4.69) is 189 Å². The summed E-state index contributed by atoms with van der Waals surface area (Å²) in [5, 5.41) is 0. The van der Waals surface area contributed by atoms with Gasteiger partial charge in [0, 0.05) is 33.4 Å². The van der Waals surface area contributed by atoms with Gasteiger partial charge < -0.3 is 0 Å². The molecule has 0 amide bonds. The van der Waals surface area contributed by atoms with Crippen LogP contribution in [0.15, 0.2) is 249 Å². The molecular weight excluding hydrogens is 815 g/mol. The highest BCUT2D eigenvalue weighted by Gasteiger charge is 2.17. The molecule has 0 bridgehead atoms. The summed E-state index contributed by atoms with van der Waals surface area (Å²) in [5.41, 5.74) is 15.9. The fourth-order valence-electron chi connectivity index (χ4n) is 8.19. The summed E-state index contributed by atoms with van der Waals surface area (Å²) >= 11 is 0. The molecule has 0 saturated heterocycles. The van der Waals surface area contributed by atoms with Crippen LogP contribution in [-0.2, 0) is 0 Å². The minimum absolute atomic E-state index is 0.537. The van der Waals surface area contributed by atoms with Crippen molar-refractivity contribution in [1.29, 1.82) is 0 Å². The van der Waals surface area contributed by atoms with E-state index in [4.69, 9.17) is 24.9 Å². The molecule has 0 radical (unpaired) electrons. The van der Waals surface area contributed by atoms with Gasteiger partial charge in [0.2, 0.25) is 0 Å². The predicted molar refractivity (Wildman–Crippen MR) is 277 cm³/mol. The molecular formula is C62H45N5. The molecule has 10 aromatic rings. The van der Waals surface area contributed by atoms with Gasteiger partial charge in [-0.1, -0.05) is 207 Å². The number of nitrogens with zero attached hydrogens (tertiary/aromatic N) is 5. The Bertz CT molecular complexity index is 3360. The average Bonchev–Trinajstić information content (AvgIpc) is 3.42. The Kier molecular flexibility index (Phi) is 12.2. The Hall–Kier alpha value is -8.93. The lowest BCUT2D eigenvalue weighted by Crippen LogP contribution is -2.02. The molecule has 5 heteroatoms. The largest absolute Gasteiger partial charge is 0.228 e. The number of aromatic nitrogens is 5. The van der Waals surface area contributed by atoms with Crippen molar-refractivity contribution in [2.45, 2.75) is 6.92 Å². The van der Waals surface area contributed by atoms with E-state index in [-0.39, 0.29) is 0 Å². The molecule has 0 saturated carbocycles. The number of rotatable bonds is 12. The molecule has 0 aliphatic heterocycles. The van der Waals surface area contributed by atoms with Gasteiger partial charge in [0.25, 0.3) is 0 Å². The van der Waals surface area contributed by atoms with Gasteiger partial charge in [0.15, 0.2) is 23.3 Å². The van der Waals surface area contributed by atoms with Gasteiger partial charge in [-0.2, -0.15) is 0 Å². The van der Waals surface area contributed by atoms with E-state index >= 15 is 0 Å². The van der Waals surface area contributed by atoms with Gasteiger partial charge in [-0.15, -0.1) is 0 Å². The Labute approximate surface area is 392 Å². The van der Waals surface area contributed by atoms with E-state index in [0.29, 0.717) is 23.3 Å². The molecule has 0 fully saturated rings. The van der Waals surface area contributed by atoms with Gasteiger partial charge >= 0.3 is 0 Å². The van der Waals surface area contributed by atoms with E-state index in [9.17, 15) is 0 Å². The number of hydrogen-bond donors (Lipinski definition) is 0. The quantitative estimate of drug-likeness (QED) is 0.115. The third kappa shape index (κ3) is 9.49. The van der Waals surface area contributed by atoms with Crippen molar-refractivity contribution in [1.82, 2.24) is 24.9 Å². The maximum atomic E-state index is 5.22. The van der Waals surface area contributed by atoms with Crippen LogP contribution in [-0.4, -0.2) is 24.9 Å². The zero-order valence-corrected chi connectivity index (χ0v) is 37.0. The van der Waals surface area contributed by atoms with Gasteiger partial charge in [-0.3, -0.25) is 0 Å². The molecule has 0 atom stereocenters. The third-order valence-corrected chi connectivity index (χ3v) is 11.6. The zero-order valence-electron chi connectivity index (χ0n) is 37.0. The second-order valence-electron chi connectivity index (χ2n) is 16.1. The van der Waals surface area contributed by atoms with Crippen LogP contribution in [0.3, 0.4) is 0 Å². The lowest BCUT2D eigenvalue weighted by molar-refractivity contribution is 1.04. The summed E-state index contributed by atoms with van der Waals surface area (Å²) in [6, 6.07) is 75.5. The van der Waals surface area contributed by atoms with Crippen LogP contribution in [0, 0.1) is 0 Å². The summed E-state index contributed by atoms with van der Waals surface area (Å²) in [5.74, 6) is 2.33. The Morgan fingerprint density at radius 1 is 0.328 bits per heavy atom. The number of hydrogen-bond acceptors (Lipinski definition) is 5. The fourth-order valence-corrected chi connectivity index (χ4v) is 8.19. The first kappa shape index (κ1) is 42.0. The minimum Gasteiger partial charge on any atom is -0.228 e. The lowest BCUT2D eigenvalue weighted by atomic mass is 9.95. The van der Waals surface area contributed by atoms with Crippen LogP contribution in [0.25, 0.3) is 107 Å².